The van der Waals surface area contributed by atoms with Crippen LogP contribution in [0.15, 0.2) is 73.1 Å². The summed E-state index contributed by atoms with van der Waals surface area (Å²) in [7, 11) is 0. The number of rotatable bonds is 1. The number of primary amides is 1. The van der Waals surface area contributed by atoms with E-state index >= 15 is 0 Å². The molecular weight excluding hydrogens is 345 g/mol. The number of nitrogens with one attached hydrogen (secondary N) is 1. The summed E-state index contributed by atoms with van der Waals surface area (Å²) in [6, 6.07) is 19.6. The van der Waals surface area contributed by atoms with Gasteiger partial charge in [0.25, 0.3) is 0 Å². The molecule has 0 spiro atoms. The Labute approximate surface area is 151 Å². The SMILES string of the molecule is Cl.Cl.NC(=O)c1cnc2ccccc2c1.c1ccc2[nH]ccc2c1. The number of nitrogens with two attached hydrogens (primary N) is 1. The summed E-state index contributed by atoms with van der Waals surface area (Å²) in [6.45, 7) is 0. The number of amides is 1. The predicted octanol–water partition coefficient (Wildman–Crippen LogP) is 4.35. The number of hydrogen-bond acceptors (Lipinski definition) is 2. The van der Waals surface area contributed by atoms with Crippen molar-refractivity contribution in [1.82, 2.24) is 9.97 Å². The minimum absolute atomic E-state index is 0. The zero-order chi connectivity index (χ0) is 15.4. The first-order chi connectivity index (χ1) is 10.7. The lowest BCUT2D eigenvalue weighted by Crippen LogP contribution is -2.10. The van der Waals surface area contributed by atoms with Gasteiger partial charge in [0, 0.05) is 23.3 Å². The summed E-state index contributed by atoms with van der Waals surface area (Å²) in [5, 5.41) is 2.20. The Morgan fingerprint density at radius 3 is 2.29 bits per heavy atom. The summed E-state index contributed by atoms with van der Waals surface area (Å²) >= 11 is 0. The third kappa shape index (κ3) is 4.47. The van der Waals surface area contributed by atoms with E-state index in [0.717, 1.165) is 10.9 Å². The zero-order valence-corrected chi connectivity index (χ0v) is 14.3. The molecule has 6 heteroatoms. The normalized spacial score (nSPS) is 9.33. The molecule has 0 aliphatic heterocycles. The Hall–Kier alpha value is -2.56. The molecule has 124 valence electrons. The van der Waals surface area contributed by atoms with Crippen LogP contribution in [0.2, 0.25) is 0 Å². The van der Waals surface area contributed by atoms with Gasteiger partial charge in [0.1, 0.15) is 0 Å². The van der Waals surface area contributed by atoms with Crippen LogP contribution in [0.25, 0.3) is 21.8 Å². The maximum absolute atomic E-state index is 10.8. The van der Waals surface area contributed by atoms with Crippen molar-refractivity contribution < 1.29 is 4.79 Å². The van der Waals surface area contributed by atoms with Crippen LogP contribution in [-0.2, 0) is 0 Å². The number of carbonyl (C=O) groups is 1. The number of H-pyrrole nitrogens is 1. The Kier molecular flexibility index (Phi) is 7.24. The molecule has 2 aromatic carbocycles. The molecule has 0 fully saturated rings. The number of fused-ring (bicyclic) bond motifs is 2. The van der Waals surface area contributed by atoms with E-state index in [9.17, 15) is 4.79 Å². The number of para-hydroxylation sites is 2. The standard InChI is InChI=1S/C10H8N2O.C8H7N.2ClH/c11-10(13)8-5-7-3-1-2-4-9(7)12-6-8;1-2-4-8-7(3-1)5-6-9-8;;/h1-6H,(H2,11,13);1-6,9H;2*1H. The highest BCUT2D eigenvalue weighted by Crippen LogP contribution is 2.12. The summed E-state index contributed by atoms with van der Waals surface area (Å²) < 4.78 is 0. The molecule has 4 nitrogen and oxygen atoms in total. The van der Waals surface area contributed by atoms with Gasteiger partial charge in [-0.05, 0) is 29.7 Å². The van der Waals surface area contributed by atoms with E-state index < -0.39 is 5.91 Å². The van der Waals surface area contributed by atoms with Crippen molar-refractivity contribution in [3.63, 3.8) is 0 Å². The van der Waals surface area contributed by atoms with Crippen LogP contribution in [0.3, 0.4) is 0 Å². The highest BCUT2D eigenvalue weighted by molar-refractivity contribution is 5.96. The van der Waals surface area contributed by atoms with Gasteiger partial charge in [-0.25, -0.2) is 0 Å². The second kappa shape index (κ2) is 8.91. The fraction of sp³-hybridized carbons (Fsp3) is 0. The van der Waals surface area contributed by atoms with Gasteiger partial charge in [-0.3, -0.25) is 9.78 Å². The van der Waals surface area contributed by atoms with Crippen molar-refractivity contribution in [2.45, 2.75) is 0 Å². The van der Waals surface area contributed by atoms with E-state index in [1.54, 1.807) is 6.07 Å². The first-order valence-corrected chi connectivity index (χ1v) is 6.91. The van der Waals surface area contributed by atoms with Gasteiger partial charge >= 0.3 is 0 Å². The van der Waals surface area contributed by atoms with Gasteiger partial charge in [-0.2, -0.15) is 0 Å². The summed E-state index contributed by atoms with van der Waals surface area (Å²) in [6.07, 6.45) is 3.44. The van der Waals surface area contributed by atoms with E-state index in [1.807, 2.05) is 42.6 Å². The van der Waals surface area contributed by atoms with E-state index in [4.69, 9.17) is 5.73 Å². The Morgan fingerprint density at radius 1 is 0.917 bits per heavy atom. The van der Waals surface area contributed by atoms with Gasteiger partial charge in [-0.1, -0.05) is 36.4 Å². The maximum atomic E-state index is 10.8. The molecule has 0 bridgehead atoms. The first kappa shape index (κ1) is 19.5. The highest BCUT2D eigenvalue weighted by atomic mass is 35.5. The smallest absolute Gasteiger partial charge is 0.250 e. The number of aromatic amines is 1. The van der Waals surface area contributed by atoms with E-state index in [1.165, 1.54) is 17.1 Å². The number of aromatic nitrogens is 2. The minimum atomic E-state index is -0.446. The second-order valence-corrected chi connectivity index (χ2v) is 4.85. The molecule has 4 rings (SSSR count). The quantitative estimate of drug-likeness (QED) is 0.529. The Morgan fingerprint density at radius 2 is 1.58 bits per heavy atom. The average Bonchev–Trinajstić information content (AvgIpc) is 3.03. The summed E-state index contributed by atoms with van der Waals surface area (Å²) in [4.78, 5) is 18.0. The third-order valence-electron chi connectivity index (χ3n) is 3.34. The lowest BCUT2D eigenvalue weighted by Gasteiger charge is -1.97. The second-order valence-electron chi connectivity index (χ2n) is 4.85. The van der Waals surface area contributed by atoms with Crippen LogP contribution >= 0.6 is 24.8 Å². The predicted molar refractivity (Wildman–Crippen MR) is 103 cm³/mol. The van der Waals surface area contributed by atoms with Crippen LogP contribution in [0.1, 0.15) is 10.4 Å². The molecule has 0 aliphatic rings. The van der Waals surface area contributed by atoms with Crippen LogP contribution in [0.5, 0.6) is 0 Å². The minimum Gasteiger partial charge on any atom is -0.366 e. The summed E-state index contributed by atoms with van der Waals surface area (Å²) in [5.74, 6) is -0.446. The van der Waals surface area contributed by atoms with Crippen LogP contribution < -0.4 is 5.73 Å². The molecule has 0 aliphatic carbocycles. The number of hydrogen-bond donors (Lipinski definition) is 2. The molecule has 2 heterocycles. The molecule has 0 radical (unpaired) electrons. The van der Waals surface area contributed by atoms with Gasteiger partial charge in [0.15, 0.2) is 0 Å². The molecule has 1 amide bonds. The average molecular weight is 362 g/mol. The molecule has 0 saturated carbocycles. The van der Waals surface area contributed by atoms with Crippen molar-refractivity contribution in [2.75, 3.05) is 0 Å². The Balaban J connectivity index is 0.000000233. The summed E-state index contributed by atoms with van der Waals surface area (Å²) in [5.41, 5.74) is 7.64. The van der Waals surface area contributed by atoms with Gasteiger partial charge in [0.05, 0.1) is 11.1 Å². The maximum Gasteiger partial charge on any atom is 0.250 e. The van der Waals surface area contributed by atoms with E-state index in [-0.39, 0.29) is 24.8 Å². The molecule has 3 N–H and O–H groups in total. The molecule has 0 atom stereocenters. The highest BCUT2D eigenvalue weighted by Gasteiger charge is 2.01. The van der Waals surface area contributed by atoms with Crippen LogP contribution in [-0.4, -0.2) is 15.9 Å². The van der Waals surface area contributed by atoms with Crippen molar-refractivity contribution in [2.24, 2.45) is 5.73 Å². The molecule has 0 unspecified atom stereocenters. The van der Waals surface area contributed by atoms with E-state index in [0.29, 0.717) is 5.56 Å². The van der Waals surface area contributed by atoms with Crippen molar-refractivity contribution >= 4 is 52.5 Å². The lowest BCUT2D eigenvalue weighted by molar-refractivity contribution is 0.1000. The number of halogens is 2. The lowest BCUT2D eigenvalue weighted by atomic mass is 10.1. The fourth-order valence-electron chi connectivity index (χ4n) is 2.20. The van der Waals surface area contributed by atoms with E-state index in [2.05, 4.69) is 28.2 Å². The monoisotopic (exact) mass is 361 g/mol. The van der Waals surface area contributed by atoms with Gasteiger partial charge in [-0.15, -0.1) is 24.8 Å². The van der Waals surface area contributed by atoms with Crippen molar-refractivity contribution in [3.05, 3.63) is 78.6 Å². The topological polar surface area (TPSA) is 71.8 Å². The van der Waals surface area contributed by atoms with Crippen molar-refractivity contribution in [1.29, 1.82) is 0 Å². The number of benzene rings is 2. The number of nitrogens with zero attached hydrogens (tertiary/aromatic N) is 1. The van der Waals surface area contributed by atoms with Gasteiger partial charge in [0.2, 0.25) is 5.91 Å². The van der Waals surface area contributed by atoms with Crippen LogP contribution in [0.4, 0.5) is 0 Å². The molecule has 2 aromatic heterocycles. The molecular formula is C18H17Cl2N3O. The fourth-order valence-corrected chi connectivity index (χ4v) is 2.20. The van der Waals surface area contributed by atoms with Crippen molar-refractivity contribution in [3.8, 4) is 0 Å². The molecule has 4 aromatic rings. The van der Waals surface area contributed by atoms with Gasteiger partial charge < -0.3 is 10.7 Å². The number of carbonyl (C=O) groups excluding carboxylic acids is 1. The number of pyridine rings is 1. The third-order valence-corrected chi connectivity index (χ3v) is 3.34. The molecule has 24 heavy (non-hydrogen) atoms. The largest absolute Gasteiger partial charge is 0.366 e. The molecule has 0 saturated heterocycles. The zero-order valence-electron chi connectivity index (χ0n) is 12.7. The first-order valence-electron chi connectivity index (χ1n) is 6.91. The Bertz CT molecular complexity index is 907. The van der Waals surface area contributed by atoms with Crippen LogP contribution in [0, 0.1) is 0 Å².